The molecular formula is C26H21N5O4S. The number of aromatic nitrogens is 4. The van der Waals surface area contributed by atoms with Gasteiger partial charge in [0.15, 0.2) is 9.84 Å². The zero-order valence-electron chi connectivity index (χ0n) is 19.3. The lowest BCUT2D eigenvalue weighted by molar-refractivity contribution is 0.601. The maximum absolute atomic E-state index is 13.6. The summed E-state index contributed by atoms with van der Waals surface area (Å²) in [6, 6.07) is 20.6. The lowest BCUT2D eigenvalue weighted by Crippen LogP contribution is -2.39. The number of hydrogen-bond donors (Lipinski definition) is 1. The molecule has 1 N–H and O–H groups in total. The lowest BCUT2D eigenvalue weighted by Gasteiger charge is -2.14. The normalized spacial score (nSPS) is 11.7. The Morgan fingerprint density at radius 1 is 1.03 bits per heavy atom. The highest BCUT2D eigenvalue weighted by molar-refractivity contribution is 7.89. The smallest absolute Gasteiger partial charge is 0.336 e. The van der Waals surface area contributed by atoms with Gasteiger partial charge in [-0.05, 0) is 48.0 Å². The molecule has 0 fully saturated rings. The first kappa shape index (κ1) is 23.3. The van der Waals surface area contributed by atoms with Gasteiger partial charge in [-0.25, -0.2) is 22.8 Å². The van der Waals surface area contributed by atoms with E-state index in [2.05, 4.69) is 16.0 Å². The van der Waals surface area contributed by atoms with E-state index in [-0.39, 0.29) is 12.3 Å². The first-order chi connectivity index (χ1) is 17.2. The van der Waals surface area contributed by atoms with Crippen LogP contribution in [-0.4, -0.2) is 33.8 Å². The Hall–Kier alpha value is -4.49. The zero-order chi connectivity index (χ0) is 25.4. The summed E-state index contributed by atoms with van der Waals surface area (Å²) >= 11 is 0. The van der Waals surface area contributed by atoms with Crippen molar-refractivity contribution in [2.45, 2.75) is 18.7 Å². The molecule has 2 heterocycles. The topological polar surface area (TPSA) is 131 Å². The fourth-order valence-corrected chi connectivity index (χ4v) is 5.11. The van der Waals surface area contributed by atoms with Crippen molar-refractivity contribution >= 4 is 31.8 Å². The Kier molecular flexibility index (Phi) is 5.78. The summed E-state index contributed by atoms with van der Waals surface area (Å²) in [5, 5.41) is 9.49. The van der Waals surface area contributed by atoms with Crippen LogP contribution in [0, 0.1) is 11.3 Å². The minimum Gasteiger partial charge on any atom is -0.342 e. The van der Waals surface area contributed by atoms with Crippen molar-refractivity contribution in [2.75, 3.05) is 6.26 Å². The van der Waals surface area contributed by atoms with Crippen LogP contribution in [0.4, 0.5) is 0 Å². The Morgan fingerprint density at radius 2 is 1.83 bits per heavy atom. The van der Waals surface area contributed by atoms with Crippen molar-refractivity contribution in [3.8, 4) is 11.8 Å². The van der Waals surface area contributed by atoms with Gasteiger partial charge < -0.3 is 4.98 Å². The highest BCUT2D eigenvalue weighted by Gasteiger charge is 2.16. The maximum Gasteiger partial charge on any atom is 0.336 e. The molecule has 0 unspecified atom stereocenters. The number of nitrogens with one attached hydrogen (secondary N) is 1. The highest BCUT2D eigenvalue weighted by Crippen LogP contribution is 2.16. The van der Waals surface area contributed by atoms with E-state index in [4.69, 9.17) is 5.26 Å². The van der Waals surface area contributed by atoms with Gasteiger partial charge in [0.1, 0.15) is 5.82 Å². The number of para-hydroxylation sites is 1. The van der Waals surface area contributed by atoms with Crippen LogP contribution in [0.25, 0.3) is 27.6 Å². The van der Waals surface area contributed by atoms with Crippen LogP contribution < -0.4 is 11.2 Å². The van der Waals surface area contributed by atoms with Gasteiger partial charge in [-0.1, -0.05) is 24.3 Å². The number of nitriles is 1. The van der Waals surface area contributed by atoms with Crippen molar-refractivity contribution in [1.29, 1.82) is 5.26 Å². The van der Waals surface area contributed by atoms with Gasteiger partial charge in [0, 0.05) is 19.2 Å². The van der Waals surface area contributed by atoms with E-state index in [9.17, 15) is 18.0 Å². The predicted octanol–water partition coefficient (Wildman–Crippen LogP) is 2.69. The highest BCUT2D eigenvalue weighted by atomic mass is 32.2. The molecular weight excluding hydrogens is 478 g/mol. The number of rotatable bonds is 6. The van der Waals surface area contributed by atoms with E-state index in [1.54, 1.807) is 66.7 Å². The molecule has 0 saturated heterocycles. The number of fused-ring (bicyclic) bond motifs is 2. The third kappa shape index (κ3) is 4.44. The molecule has 2 aromatic heterocycles. The maximum atomic E-state index is 13.6. The lowest BCUT2D eigenvalue weighted by atomic mass is 10.2. The Balaban J connectivity index is 1.60. The number of hydrogen-bond acceptors (Lipinski definition) is 6. The standard InChI is InChI=1S/C26H21N5O4S/c1-36(34,35)16-18-5-4-6-19(13-18)31-25(32)20-7-2-3-8-23(20)30(26(31)33)12-11-24-28-21-10-9-17(15-27)14-22(21)29-24/h2-10,13-14H,11-12,16H2,1H3,(H,28,29). The van der Waals surface area contributed by atoms with Crippen LogP contribution in [0.3, 0.4) is 0 Å². The number of aromatic amines is 1. The van der Waals surface area contributed by atoms with Crippen molar-refractivity contribution in [2.24, 2.45) is 0 Å². The number of nitrogens with zero attached hydrogens (tertiary/aromatic N) is 4. The summed E-state index contributed by atoms with van der Waals surface area (Å²) in [5.74, 6) is 0.445. The Bertz CT molecular complexity index is 1910. The van der Waals surface area contributed by atoms with Gasteiger partial charge in [-0.15, -0.1) is 0 Å². The molecule has 3 aromatic carbocycles. The van der Waals surface area contributed by atoms with Crippen LogP contribution in [0.1, 0.15) is 17.0 Å². The quantitative estimate of drug-likeness (QED) is 0.382. The second-order valence-electron chi connectivity index (χ2n) is 8.61. The van der Waals surface area contributed by atoms with Gasteiger partial charge in [-0.3, -0.25) is 9.36 Å². The molecule has 0 saturated carbocycles. The monoisotopic (exact) mass is 499 g/mol. The number of aryl methyl sites for hydroxylation is 2. The molecule has 0 aliphatic rings. The van der Waals surface area contributed by atoms with Crippen molar-refractivity contribution in [3.63, 3.8) is 0 Å². The number of sulfone groups is 1. The third-order valence-corrected chi connectivity index (χ3v) is 6.74. The summed E-state index contributed by atoms with van der Waals surface area (Å²) in [4.78, 5) is 34.7. The van der Waals surface area contributed by atoms with E-state index < -0.39 is 21.1 Å². The molecule has 10 heteroatoms. The van der Waals surface area contributed by atoms with E-state index in [1.807, 2.05) is 0 Å². The first-order valence-electron chi connectivity index (χ1n) is 11.1. The molecule has 5 aromatic rings. The molecule has 0 spiro atoms. The van der Waals surface area contributed by atoms with Crippen molar-refractivity contribution in [1.82, 2.24) is 19.1 Å². The van der Waals surface area contributed by atoms with Gasteiger partial charge in [0.2, 0.25) is 0 Å². The summed E-state index contributed by atoms with van der Waals surface area (Å²) in [7, 11) is -3.29. The molecule has 9 nitrogen and oxygen atoms in total. The van der Waals surface area contributed by atoms with E-state index in [0.29, 0.717) is 45.5 Å². The molecule has 0 amide bonds. The molecule has 0 aliphatic heterocycles. The van der Waals surface area contributed by atoms with E-state index in [1.165, 1.54) is 4.57 Å². The summed E-state index contributed by atoms with van der Waals surface area (Å²) in [6.45, 7) is 0.244. The fourth-order valence-electron chi connectivity index (χ4n) is 4.32. The second-order valence-corrected chi connectivity index (χ2v) is 10.7. The van der Waals surface area contributed by atoms with Gasteiger partial charge in [-0.2, -0.15) is 5.26 Å². The summed E-state index contributed by atoms with van der Waals surface area (Å²) < 4.78 is 26.1. The largest absolute Gasteiger partial charge is 0.342 e. The van der Waals surface area contributed by atoms with Gasteiger partial charge in [0.25, 0.3) is 5.56 Å². The zero-order valence-corrected chi connectivity index (χ0v) is 20.1. The number of H-pyrrole nitrogens is 1. The van der Waals surface area contributed by atoms with Crippen LogP contribution in [-0.2, 0) is 28.6 Å². The second kappa shape index (κ2) is 8.94. The number of imidazole rings is 1. The molecule has 0 bridgehead atoms. The minimum absolute atomic E-state index is 0.197. The van der Waals surface area contributed by atoms with Crippen LogP contribution in [0.5, 0.6) is 0 Å². The van der Waals surface area contributed by atoms with E-state index >= 15 is 0 Å². The third-order valence-electron chi connectivity index (χ3n) is 5.88. The predicted molar refractivity (Wildman–Crippen MR) is 137 cm³/mol. The van der Waals surface area contributed by atoms with Gasteiger partial charge in [0.05, 0.1) is 45.0 Å². The summed E-state index contributed by atoms with van der Waals surface area (Å²) in [5.41, 5.74) is 2.25. The van der Waals surface area contributed by atoms with Crippen molar-refractivity contribution in [3.05, 3.63) is 105 Å². The molecule has 0 atom stereocenters. The van der Waals surface area contributed by atoms with Crippen LogP contribution >= 0.6 is 0 Å². The minimum atomic E-state index is -3.29. The van der Waals surface area contributed by atoms with Crippen LogP contribution in [0.2, 0.25) is 0 Å². The molecule has 180 valence electrons. The molecule has 0 aliphatic carbocycles. The SMILES string of the molecule is CS(=O)(=O)Cc1cccc(-n2c(=O)c3ccccc3n(CCc3nc4ccc(C#N)cc4[nH]3)c2=O)c1. The Morgan fingerprint density at radius 3 is 2.61 bits per heavy atom. The average molecular weight is 500 g/mol. The first-order valence-corrected chi connectivity index (χ1v) is 13.2. The van der Waals surface area contributed by atoms with Gasteiger partial charge >= 0.3 is 5.69 Å². The van der Waals surface area contributed by atoms with Crippen LogP contribution in [0.15, 0.2) is 76.3 Å². The summed E-state index contributed by atoms with van der Waals surface area (Å²) in [6.07, 6.45) is 1.51. The van der Waals surface area contributed by atoms with Crippen molar-refractivity contribution < 1.29 is 8.42 Å². The number of benzene rings is 3. The molecule has 5 rings (SSSR count). The van der Waals surface area contributed by atoms with E-state index in [0.717, 1.165) is 16.3 Å². The molecule has 36 heavy (non-hydrogen) atoms. The average Bonchev–Trinajstić information content (AvgIpc) is 3.25. The Labute approximate surface area is 205 Å². The fraction of sp³-hybridized carbons (Fsp3) is 0.154. The molecule has 0 radical (unpaired) electrons.